The minimum absolute atomic E-state index is 0.103. The maximum Gasteiger partial charge on any atom is 0.281 e. The van der Waals surface area contributed by atoms with E-state index >= 15 is 0 Å². The Labute approximate surface area is 200 Å². The van der Waals surface area contributed by atoms with Crippen molar-refractivity contribution in [1.29, 1.82) is 0 Å². The number of fused-ring (bicyclic) bond motifs is 1. The summed E-state index contributed by atoms with van der Waals surface area (Å²) < 4.78 is 19.1. The molecular weight excluding hydrogens is 481 g/mol. The van der Waals surface area contributed by atoms with Gasteiger partial charge in [-0.05, 0) is 35.9 Å². The number of nitro groups is 2. The van der Waals surface area contributed by atoms with E-state index in [0.717, 1.165) is 34.5 Å². The molecule has 0 N–H and O–H groups in total. The number of non-ortho nitro benzene ring substituents is 2. The molecule has 4 aromatic rings. The summed E-state index contributed by atoms with van der Waals surface area (Å²) in [4.78, 5) is 38.7. The first-order valence-electron chi connectivity index (χ1n) is 9.77. The van der Waals surface area contributed by atoms with Gasteiger partial charge in [0.1, 0.15) is 11.6 Å². The van der Waals surface area contributed by atoms with Crippen molar-refractivity contribution in [2.24, 2.45) is 5.10 Å². The Morgan fingerprint density at radius 3 is 2.31 bits per heavy atom. The quantitative estimate of drug-likeness (QED) is 0.201. The van der Waals surface area contributed by atoms with Gasteiger partial charge in [-0.3, -0.25) is 25.0 Å². The Hall–Kier alpha value is -4.78. The number of carbonyl (C=O) groups excluding carboxylic acids is 1. The fraction of sp³-hybridized carbons (Fsp3) is 0.0455. The normalized spacial score (nSPS) is 11.0. The van der Waals surface area contributed by atoms with Crippen LogP contribution in [0.15, 0.2) is 65.8 Å². The zero-order valence-electron chi connectivity index (χ0n) is 17.8. The third-order valence-corrected chi connectivity index (χ3v) is 5.71. The molecule has 0 bridgehead atoms. The molecule has 13 heteroatoms. The van der Waals surface area contributed by atoms with Crippen LogP contribution in [-0.4, -0.2) is 34.1 Å². The molecule has 0 saturated heterocycles. The van der Waals surface area contributed by atoms with E-state index in [1.807, 2.05) is 0 Å². The van der Waals surface area contributed by atoms with Crippen molar-refractivity contribution in [3.05, 3.63) is 97.8 Å². The zero-order valence-corrected chi connectivity index (χ0v) is 18.6. The summed E-state index contributed by atoms with van der Waals surface area (Å²) >= 11 is 1.09. The number of benzene rings is 3. The summed E-state index contributed by atoms with van der Waals surface area (Å²) in [6.07, 6.45) is 1.27. The number of thiazole rings is 1. The topological polar surface area (TPSA) is 141 Å². The number of anilines is 1. The third-order valence-electron chi connectivity index (χ3n) is 4.72. The molecular formula is C22H14FN5O6S. The first-order chi connectivity index (χ1) is 16.7. The largest absolute Gasteiger partial charge is 0.497 e. The summed E-state index contributed by atoms with van der Waals surface area (Å²) in [6, 6.07) is 13.0. The number of amides is 1. The van der Waals surface area contributed by atoms with Gasteiger partial charge in [0.05, 0.1) is 45.0 Å². The second kappa shape index (κ2) is 9.61. The van der Waals surface area contributed by atoms with Crippen LogP contribution < -0.4 is 9.75 Å². The SMILES string of the molecule is COc1ccc2nc(N(/N=C/c3ccc(F)cc3)C(=O)c3cc([N+](=O)[O-])cc([N+](=O)[O-])c3)sc2c1. The lowest BCUT2D eigenvalue weighted by molar-refractivity contribution is -0.394. The van der Waals surface area contributed by atoms with Crippen molar-refractivity contribution in [1.82, 2.24) is 4.98 Å². The highest BCUT2D eigenvalue weighted by molar-refractivity contribution is 7.22. The van der Waals surface area contributed by atoms with E-state index in [9.17, 15) is 29.4 Å². The van der Waals surface area contributed by atoms with Crippen LogP contribution in [0.1, 0.15) is 15.9 Å². The number of rotatable bonds is 7. The van der Waals surface area contributed by atoms with Gasteiger partial charge in [0, 0.05) is 12.1 Å². The molecule has 0 radical (unpaired) electrons. The van der Waals surface area contributed by atoms with Crippen molar-refractivity contribution in [2.45, 2.75) is 0 Å². The number of hydrogen-bond acceptors (Lipinski definition) is 9. The molecule has 0 aliphatic rings. The summed E-state index contributed by atoms with van der Waals surface area (Å²) in [7, 11) is 1.50. The molecule has 1 aromatic heterocycles. The Balaban J connectivity index is 1.82. The summed E-state index contributed by atoms with van der Waals surface area (Å²) in [5, 5.41) is 27.7. The van der Waals surface area contributed by atoms with Crippen LogP contribution in [-0.2, 0) is 0 Å². The number of methoxy groups -OCH3 is 1. The van der Waals surface area contributed by atoms with Gasteiger partial charge in [-0.2, -0.15) is 10.1 Å². The van der Waals surface area contributed by atoms with Gasteiger partial charge in [-0.25, -0.2) is 9.37 Å². The van der Waals surface area contributed by atoms with Crippen LogP contribution in [0.4, 0.5) is 20.9 Å². The average Bonchev–Trinajstić information content (AvgIpc) is 3.27. The van der Waals surface area contributed by atoms with Gasteiger partial charge in [0.25, 0.3) is 17.3 Å². The Morgan fingerprint density at radius 1 is 1.06 bits per heavy atom. The zero-order chi connectivity index (χ0) is 25.1. The molecule has 0 atom stereocenters. The highest BCUT2D eigenvalue weighted by Crippen LogP contribution is 2.33. The second-order valence-electron chi connectivity index (χ2n) is 7.00. The maximum absolute atomic E-state index is 13.4. The Bertz CT molecular complexity index is 1460. The second-order valence-corrected chi connectivity index (χ2v) is 8.00. The van der Waals surface area contributed by atoms with Gasteiger partial charge >= 0.3 is 0 Å². The van der Waals surface area contributed by atoms with E-state index < -0.39 is 32.9 Å². The highest BCUT2D eigenvalue weighted by atomic mass is 32.1. The van der Waals surface area contributed by atoms with Crippen molar-refractivity contribution in [3.8, 4) is 5.75 Å². The molecule has 0 spiro atoms. The molecule has 0 fully saturated rings. The van der Waals surface area contributed by atoms with Gasteiger partial charge < -0.3 is 4.74 Å². The van der Waals surface area contributed by atoms with Gasteiger partial charge in [-0.1, -0.05) is 23.5 Å². The molecule has 0 aliphatic heterocycles. The van der Waals surface area contributed by atoms with Gasteiger partial charge in [0.15, 0.2) is 0 Å². The lowest BCUT2D eigenvalue weighted by Gasteiger charge is -2.13. The predicted octanol–water partition coefficient (Wildman–Crippen LogP) is 4.94. The van der Waals surface area contributed by atoms with Gasteiger partial charge in [0.2, 0.25) is 5.13 Å². The molecule has 176 valence electrons. The smallest absolute Gasteiger partial charge is 0.281 e. The van der Waals surface area contributed by atoms with E-state index in [1.54, 1.807) is 18.2 Å². The number of aromatic nitrogens is 1. The number of hydrazone groups is 1. The fourth-order valence-electron chi connectivity index (χ4n) is 3.02. The molecule has 11 nitrogen and oxygen atoms in total. The lowest BCUT2D eigenvalue weighted by atomic mass is 10.1. The number of carbonyl (C=O) groups is 1. The number of ether oxygens (including phenoxy) is 1. The van der Waals surface area contributed by atoms with Gasteiger partial charge in [-0.15, -0.1) is 0 Å². The van der Waals surface area contributed by atoms with E-state index in [1.165, 1.54) is 37.6 Å². The minimum Gasteiger partial charge on any atom is -0.497 e. The molecule has 0 saturated carbocycles. The number of halogens is 1. The molecule has 0 aliphatic carbocycles. The Kier molecular flexibility index (Phi) is 6.42. The maximum atomic E-state index is 13.4. The number of nitrogens with zero attached hydrogens (tertiary/aromatic N) is 5. The third kappa shape index (κ3) is 5.09. The average molecular weight is 495 g/mol. The number of hydrogen-bond donors (Lipinski definition) is 0. The van der Waals surface area contributed by atoms with E-state index in [0.29, 0.717) is 21.5 Å². The summed E-state index contributed by atoms with van der Waals surface area (Å²) in [5.41, 5.74) is -0.597. The predicted molar refractivity (Wildman–Crippen MR) is 127 cm³/mol. The Morgan fingerprint density at radius 2 is 1.71 bits per heavy atom. The van der Waals surface area contributed by atoms with Crippen LogP contribution in [0.5, 0.6) is 5.75 Å². The lowest BCUT2D eigenvalue weighted by Crippen LogP contribution is -2.25. The van der Waals surface area contributed by atoms with Crippen LogP contribution in [0, 0.1) is 26.0 Å². The van der Waals surface area contributed by atoms with Crippen LogP contribution in [0.2, 0.25) is 0 Å². The van der Waals surface area contributed by atoms with Crippen molar-refractivity contribution >= 4 is 50.2 Å². The van der Waals surface area contributed by atoms with Crippen LogP contribution in [0.25, 0.3) is 10.2 Å². The molecule has 0 unspecified atom stereocenters. The van der Waals surface area contributed by atoms with E-state index in [-0.39, 0.29) is 10.7 Å². The van der Waals surface area contributed by atoms with Crippen molar-refractivity contribution in [2.75, 3.05) is 12.1 Å². The fourth-order valence-corrected chi connectivity index (χ4v) is 3.97. The van der Waals surface area contributed by atoms with Crippen LogP contribution in [0.3, 0.4) is 0 Å². The first kappa shape index (κ1) is 23.4. The molecule has 35 heavy (non-hydrogen) atoms. The summed E-state index contributed by atoms with van der Waals surface area (Å²) in [5.74, 6) is -0.782. The monoisotopic (exact) mass is 495 g/mol. The van der Waals surface area contributed by atoms with E-state index in [2.05, 4.69) is 10.1 Å². The minimum atomic E-state index is -0.888. The molecule has 3 aromatic carbocycles. The molecule has 1 heterocycles. The standard InChI is InChI=1S/C22H14FN5O6S/c1-34-18-6-7-19-20(11-18)35-22(25-19)26(24-12-13-2-4-15(23)5-3-13)21(29)14-8-16(27(30)31)10-17(9-14)28(32)33/h2-12H,1H3/b24-12+. The van der Waals surface area contributed by atoms with Crippen LogP contribution >= 0.6 is 11.3 Å². The molecule has 1 amide bonds. The van der Waals surface area contributed by atoms with Crippen molar-refractivity contribution in [3.63, 3.8) is 0 Å². The van der Waals surface area contributed by atoms with Crippen molar-refractivity contribution < 1.29 is 23.8 Å². The first-order valence-corrected chi connectivity index (χ1v) is 10.6. The number of nitro benzene ring substituents is 2. The summed E-state index contributed by atoms with van der Waals surface area (Å²) in [6.45, 7) is 0. The molecule has 4 rings (SSSR count). The van der Waals surface area contributed by atoms with E-state index in [4.69, 9.17) is 4.74 Å². The highest BCUT2D eigenvalue weighted by Gasteiger charge is 2.26.